The van der Waals surface area contributed by atoms with Crippen molar-refractivity contribution in [1.82, 2.24) is 29.4 Å². The second kappa shape index (κ2) is 9.58. The number of hydrogen-bond acceptors (Lipinski definition) is 9. The zero-order valence-corrected chi connectivity index (χ0v) is 20.8. The molecule has 190 valence electrons. The molecule has 1 aliphatic carbocycles. The van der Waals surface area contributed by atoms with Gasteiger partial charge in [0.2, 0.25) is 0 Å². The highest BCUT2D eigenvalue weighted by atomic mass is 16.7. The molecule has 2 fully saturated rings. The Morgan fingerprint density at radius 2 is 2.14 bits per heavy atom. The lowest BCUT2D eigenvalue weighted by Crippen LogP contribution is -2.54. The maximum absolute atomic E-state index is 9.44. The van der Waals surface area contributed by atoms with Crippen LogP contribution in [0.25, 0.3) is 16.8 Å². The fourth-order valence-corrected chi connectivity index (χ4v) is 5.68. The lowest BCUT2D eigenvalue weighted by atomic mass is 9.67. The number of hydrazone groups is 1. The van der Waals surface area contributed by atoms with Gasteiger partial charge in [-0.05, 0) is 38.2 Å². The Hall–Kier alpha value is -3.80. The number of nitriles is 2. The van der Waals surface area contributed by atoms with E-state index in [1.165, 1.54) is 0 Å². The second-order valence-electron chi connectivity index (χ2n) is 10.2. The van der Waals surface area contributed by atoms with Gasteiger partial charge in [-0.15, -0.1) is 0 Å². The summed E-state index contributed by atoms with van der Waals surface area (Å²) in [6.07, 6.45) is 12.1. The summed E-state index contributed by atoms with van der Waals surface area (Å²) in [5.41, 5.74) is 3.86. The highest BCUT2D eigenvalue weighted by Gasteiger charge is 2.50. The highest BCUT2D eigenvalue weighted by molar-refractivity contribution is 5.75. The Kier molecular flexibility index (Phi) is 6.11. The van der Waals surface area contributed by atoms with Crippen LogP contribution in [0.4, 0.5) is 0 Å². The van der Waals surface area contributed by atoms with Gasteiger partial charge in [-0.3, -0.25) is 9.69 Å². The zero-order valence-electron chi connectivity index (χ0n) is 20.8. The Bertz CT molecular complexity index is 1400. The predicted octanol–water partition coefficient (Wildman–Crippen LogP) is 3.14. The summed E-state index contributed by atoms with van der Waals surface area (Å²) in [4.78, 5) is 5.10. The Morgan fingerprint density at radius 3 is 2.92 bits per heavy atom. The molecule has 3 aromatic heterocycles. The minimum absolute atomic E-state index is 0.0178. The van der Waals surface area contributed by atoms with E-state index in [2.05, 4.69) is 22.3 Å². The lowest BCUT2D eigenvalue weighted by molar-refractivity contribution is -0.169. The van der Waals surface area contributed by atoms with Crippen molar-refractivity contribution in [2.24, 2.45) is 18.1 Å². The van der Waals surface area contributed by atoms with Crippen molar-refractivity contribution in [3.63, 3.8) is 0 Å². The van der Waals surface area contributed by atoms with Crippen molar-refractivity contribution in [2.75, 3.05) is 13.2 Å². The quantitative estimate of drug-likeness (QED) is 0.485. The van der Waals surface area contributed by atoms with E-state index >= 15 is 0 Å². The summed E-state index contributed by atoms with van der Waals surface area (Å²) < 4.78 is 15.4. The number of hydrogen-bond donors (Lipinski definition) is 0. The molecule has 1 saturated carbocycles. The van der Waals surface area contributed by atoms with Gasteiger partial charge >= 0.3 is 0 Å². The smallest absolute Gasteiger partial charge is 0.158 e. The zero-order chi connectivity index (χ0) is 25.4. The van der Waals surface area contributed by atoms with Gasteiger partial charge in [0, 0.05) is 31.6 Å². The lowest BCUT2D eigenvalue weighted by Gasteiger charge is -2.49. The molecule has 3 aromatic rings. The molecule has 1 saturated heterocycles. The number of nitrogens with zero attached hydrogens (tertiary/aromatic N) is 9. The first kappa shape index (κ1) is 23.6. The molecule has 0 N–H and O–H groups in total. The molecule has 0 radical (unpaired) electrons. The summed E-state index contributed by atoms with van der Waals surface area (Å²) in [6.45, 7) is 1.68. The van der Waals surface area contributed by atoms with Crippen LogP contribution in [0.2, 0.25) is 0 Å². The van der Waals surface area contributed by atoms with Crippen LogP contribution in [-0.2, 0) is 23.1 Å². The molecule has 5 heterocycles. The molecule has 37 heavy (non-hydrogen) atoms. The van der Waals surface area contributed by atoms with Crippen LogP contribution < -0.4 is 0 Å². The fraction of sp³-hybridized carbons (Fsp3) is 0.538. The van der Waals surface area contributed by atoms with Crippen LogP contribution >= 0.6 is 0 Å². The molecule has 11 heteroatoms. The first-order valence-electron chi connectivity index (χ1n) is 12.8. The van der Waals surface area contributed by atoms with Crippen molar-refractivity contribution in [3.05, 3.63) is 36.0 Å². The molecule has 2 atom stereocenters. The molecule has 11 nitrogen and oxygen atoms in total. The van der Waals surface area contributed by atoms with Crippen LogP contribution in [0, 0.1) is 28.6 Å². The average molecular weight is 500 g/mol. The minimum atomic E-state index is -0.371. The summed E-state index contributed by atoms with van der Waals surface area (Å²) >= 11 is 0. The van der Waals surface area contributed by atoms with Crippen molar-refractivity contribution >= 4 is 11.7 Å². The van der Waals surface area contributed by atoms with Crippen molar-refractivity contribution < 1.29 is 9.47 Å². The van der Waals surface area contributed by atoms with Crippen molar-refractivity contribution in [2.45, 2.75) is 62.9 Å². The molecule has 2 unspecified atom stereocenters. The Morgan fingerprint density at radius 1 is 1.24 bits per heavy atom. The summed E-state index contributed by atoms with van der Waals surface area (Å²) in [6, 6.07) is 6.58. The first-order valence-corrected chi connectivity index (χ1v) is 12.8. The molecule has 0 bridgehead atoms. The van der Waals surface area contributed by atoms with Gasteiger partial charge in [0.05, 0.1) is 84.1 Å². The van der Waals surface area contributed by atoms with Gasteiger partial charge in [-0.25, -0.2) is 9.50 Å². The molecule has 6 rings (SSSR count). The summed E-state index contributed by atoms with van der Waals surface area (Å²) in [5.74, 6) is -0.0846. The van der Waals surface area contributed by atoms with E-state index in [1.807, 2.05) is 41.2 Å². The van der Waals surface area contributed by atoms with Gasteiger partial charge < -0.3 is 9.47 Å². The van der Waals surface area contributed by atoms with Crippen molar-refractivity contribution in [3.8, 4) is 23.4 Å². The van der Waals surface area contributed by atoms with Gasteiger partial charge in [-0.1, -0.05) is 0 Å². The van der Waals surface area contributed by atoms with E-state index in [9.17, 15) is 10.5 Å². The van der Waals surface area contributed by atoms with Gasteiger partial charge in [0.15, 0.2) is 6.29 Å². The highest BCUT2D eigenvalue weighted by Crippen LogP contribution is 2.46. The molecule has 0 amide bonds. The molecular weight excluding hydrogens is 470 g/mol. The second-order valence-corrected chi connectivity index (χ2v) is 10.2. The van der Waals surface area contributed by atoms with Gasteiger partial charge in [0.1, 0.15) is 0 Å². The van der Waals surface area contributed by atoms with Crippen LogP contribution in [0.5, 0.6) is 0 Å². The summed E-state index contributed by atoms with van der Waals surface area (Å²) in [5, 5.41) is 34.6. The fourth-order valence-electron chi connectivity index (χ4n) is 5.68. The number of rotatable bonds is 7. The minimum Gasteiger partial charge on any atom is -0.353 e. The number of aromatic nitrogens is 5. The predicted molar refractivity (Wildman–Crippen MR) is 133 cm³/mol. The van der Waals surface area contributed by atoms with Gasteiger partial charge in [-0.2, -0.15) is 25.8 Å². The third kappa shape index (κ3) is 4.35. The van der Waals surface area contributed by atoms with E-state index in [1.54, 1.807) is 10.9 Å². The topological polar surface area (TPSA) is 130 Å². The third-order valence-corrected chi connectivity index (χ3v) is 7.64. The molecule has 3 aliphatic rings. The monoisotopic (exact) mass is 499 g/mol. The number of aryl methyl sites for hydroxylation is 1. The van der Waals surface area contributed by atoms with Crippen LogP contribution in [0.3, 0.4) is 0 Å². The number of fused-ring (bicyclic) bond motifs is 1. The molecule has 2 aliphatic heterocycles. The van der Waals surface area contributed by atoms with Crippen LogP contribution in [0.1, 0.15) is 55.8 Å². The van der Waals surface area contributed by atoms with Crippen LogP contribution in [0.15, 0.2) is 29.8 Å². The Balaban J connectivity index is 1.28. The maximum Gasteiger partial charge on any atom is 0.158 e. The Labute approximate surface area is 214 Å². The van der Waals surface area contributed by atoms with E-state index in [4.69, 9.17) is 19.6 Å². The van der Waals surface area contributed by atoms with Crippen LogP contribution in [-0.4, -0.2) is 60.6 Å². The molecular formula is C26H29N9O2. The first-order chi connectivity index (χ1) is 18.1. The summed E-state index contributed by atoms with van der Waals surface area (Å²) in [7, 11) is 1.89. The molecule has 0 spiro atoms. The standard InChI is InChI=1S/C26H29N9O2/c1-33-15-20(22(32-33)17-37-24-4-2-3-9-36-24)21-16-34-23(5-8-29-34)25(31-21)19-13-30-35(14-19)26(6-7-27)10-18(11-26)12-28/h5,8,13,15-16,18-19,24H,2-4,6,9-11,14,17H2,1H3. The van der Waals surface area contributed by atoms with E-state index in [-0.39, 0.29) is 23.7 Å². The largest absolute Gasteiger partial charge is 0.353 e. The maximum atomic E-state index is 9.44. The number of ether oxygens (including phenoxy) is 2. The normalized spacial score (nSPS) is 27.2. The van der Waals surface area contributed by atoms with E-state index in [0.717, 1.165) is 54.0 Å². The third-order valence-electron chi connectivity index (χ3n) is 7.64. The van der Waals surface area contributed by atoms with E-state index in [0.29, 0.717) is 32.4 Å². The average Bonchev–Trinajstić information content (AvgIpc) is 3.64. The SMILES string of the molecule is Cn1cc(-c2cn3nccc3c(C3C=NN(C4(CC#N)CC(C#N)C4)C3)n2)c(COC2CCCCO2)n1. The van der Waals surface area contributed by atoms with E-state index < -0.39 is 0 Å². The van der Waals surface area contributed by atoms with Gasteiger partial charge in [0.25, 0.3) is 0 Å². The molecule has 0 aromatic carbocycles. The van der Waals surface area contributed by atoms with Crippen molar-refractivity contribution in [1.29, 1.82) is 10.5 Å².